The lowest BCUT2D eigenvalue weighted by Gasteiger charge is -2.30. The molecule has 2 nitrogen and oxygen atoms in total. The van der Waals surface area contributed by atoms with E-state index in [2.05, 4.69) is 252 Å². The van der Waals surface area contributed by atoms with Gasteiger partial charge in [0.15, 0.2) is 0 Å². The largest absolute Gasteiger partial charge is 0.309 e. The van der Waals surface area contributed by atoms with Gasteiger partial charge in [-0.05, 0) is 92.7 Å². The van der Waals surface area contributed by atoms with Gasteiger partial charge < -0.3 is 9.47 Å². The van der Waals surface area contributed by atoms with Crippen LogP contribution in [0.3, 0.4) is 0 Å². The third-order valence-corrected chi connectivity index (χ3v) is 11.8. The van der Waals surface area contributed by atoms with Gasteiger partial charge in [-0.1, -0.05) is 194 Å². The number of fused-ring (bicyclic) bond motifs is 4. The first-order chi connectivity index (χ1) is 29.8. The molecule has 11 rings (SSSR count). The summed E-state index contributed by atoms with van der Waals surface area (Å²) in [6, 6.07) is 87.9. The van der Waals surface area contributed by atoms with E-state index in [1.165, 1.54) is 54.8 Å². The normalized spacial score (nSPS) is 11.3. The average molecular weight is 765 g/mol. The van der Waals surface area contributed by atoms with E-state index in [0.29, 0.717) is 0 Å². The van der Waals surface area contributed by atoms with Crippen molar-refractivity contribution in [3.8, 4) is 50.2 Å². The van der Waals surface area contributed by atoms with E-state index in [4.69, 9.17) is 0 Å². The van der Waals surface area contributed by atoms with Crippen LogP contribution in [0.4, 0.5) is 17.1 Å². The van der Waals surface area contributed by atoms with Crippen LogP contribution in [0.15, 0.2) is 243 Å². The quantitative estimate of drug-likeness (QED) is 0.150. The predicted octanol–water partition coefficient (Wildman–Crippen LogP) is 16.1. The minimum Gasteiger partial charge on any atom is -0.309 e. The van der Waals surface area contributed by atoms with Gasteiger partial charge in [-0.3, -0.25) is 0 Å². The van der Waals surface area contributed by atoms with Crippen molar-refractivity contribution < 1.29 is 0 Å². The van der Waals surface area contributed by atoms with Crippen LogP contribution in [0.5, 0.6) is 0 Å². The molecule has 11 aromatic rings. The molecule has 0 radical (unpaired) electrons. The van der Waals surface area contributed by atoms with E-state index < -0.39 is 0 Å². The smallest absolute Gasteiger partial charge is 0.0541 e. The van der Waals surface area contributed by atoms with E-state index >= 15 is 0 Å². The number of rotatable bonds is 8. The Hall–Kier alpha value is -7.94. The Balaban J connectivity index is 1.08. The highest BCUT2D eigenvalue weighted by Crippen LogP contribution is 2.46. The zero-order valence-electron chi connectivity index (χ0n) is 33.0. The van der Waals surface area contributed by atoms with Gasteiger partial charge in [0.05, 0.1) is 22.4 Å². The Labute approximate surface area is 350 Å². The van der Waals surface area contributed by atoms with E-state index in [9.17, 15) is 0 Å². The van der Waals surface area contributed by atoms with Gasteiger partial charge in [-0.2, -0.15) is 0 Å². The van der Waals surface area contributed by atoms with Gasteiger partial charge >= 0.3 is 0 Å². The van der Waals surface area contributed by atoms with Crippen molar-refractivity contribution in [2.75, 3.05) is 4.90 Å². The number of anilines is 3. The Kier molecular flexibility index (Phi) is 8.87. The molecule has 0 unspecified atom stereocenters. The summed E-state index contributed by atoms with van der Waals surface area (Å²) in [6.45, 7) is 0. The molecule has 0 atom stereocenters. The second-order valence-electron chi connectivity index (χ2n) is 15.3. The van der Waals surface area contributed by atoms with Crippen molar-refractivity contribution in [1.29, 1.82) is 0 Å². The molecule has 2 heteroatoms. The van der Waals surface area contributed by atoms with Gasteiger partial charge in [0.1, 0.15) is 0 Å². The highest BCUT2D eigenvalue weighted by atomic mass is 15.1. The van der Waals surface area contributed by atoms with Crippen molar-refractivity contribution in [3.05, 3.63) is 243 Å². The van der Waals surface area contributed by atoms with Crippen LogP contribution in [-0.4, -0.2) is 4.57 Å². The first-order valence-corrected chi connectivity index (χ1v) is 20.6. The fourth-order valence-corrected chi connectivity index (χ4v) is 8.99. The number of hydrogen-bond acceptors (Lipinski definition) is 1. The summed E-state index contributed by atoms with van der Waals surface area (Å²) >= 11 is 0. The van der Waals surface area contributed by atoms with Gasteiger partial charge in [0.2, 0.25) is 0 Å². The summed E-state index contributed by atoms with van der Waals surface area (Å²) < 4.78 is 2.40. The summed E-state index contributed by atoms with van der Waals surface area (Å²) in [5.74, 6) is 0. The first-order valence-electron chi connectivity index (χ1n) is 20.6. The van der Waals surface area contributed by atoms with E-state index in [1.54, 1.807) is 0 Å². The SMILES string of the molecule is c1ccc(-c2ccc(-c3ccccc3N(c3ccc(-c4cccc5ccccc45)cc3)c3ccccc3-c3cccc(-n4c5ccccc5c5ccccc54)c3)cc2)cc1. The molecule has 1 aromatic heterocycles. The molecule has 0 bridgehead atoms. The molecule has 0 saturated carbocycles. The topological polar surface area (TPSA) is 8.17 Å². The second-order valence-corrected chi connectivity index (χ2v) is 15.3. The molecule has 0 aliphatic heterocycles. The van der Waals surface area contributed by atoms with E-state index in [-0.39, 0.29) is 0 Å². The molecule has 0 N–H and O–H groups in total. The Morgan fingerprint density at radius 2 is 0.733 bits per heavy atom. The lowest BCUT2D eigenvalue weighted by molar-refractivity contribution is 1.18. The van der Waals surface area contributed by atoms with Gasteiger partial charge in [-0.25, -0.2) is 0 Å². The molecule has 0 amide bonds. The van der Waals surface area contributed by atoms with Crippen molar-refractivity contribution >= 4 is 49.6 Å². The number of para-hydroxylation sites is 4. The number of aromatic nitrogens is 1. The van der Waals surface area contributed by atoms with Crippen LogP contribution in [0.1, 0.15) is 0 Å². The molecule has 0 saturated heterocycles. The van der Waals surface area contributed by atoms with Gasteiger partial charge in [0, 0.05) is 33.3 Å². The van der Waals surface area contributed by atoms with Gasteiger partial charge in [-0.15, -0.1) is 0 Å². The van der Waals surface area contributed by atoms with Crippen LogP contribution in [0.25, 0.3) is 82.8 Å². The maximum Gasteiger partial charge on any atom is 0.0541 e. The third-order valence-electron chi connectivity index (χ3n) is 11.8. The lowest BCUT2D eigenvalue weighted by atomic mass is 9.96. The minimum atomic E-state index is 1.08. The highest BCUT2D eigenvalue weighted by molar-refractivity contribution is 6.09. The fourth-order valence-electron chi connectivity index (χ4n) is 8.99. The maximum absolute atomic E-state index is 2.44. The number of hydrogen-bond donors (Lipinski definition) is 0. The van der Waals surface area contributed by atoms with Crippen LogP contribution in [0, 0.1) is 0 Å². The number of benzene rings is 10. The van der Waals surface area contributed by atoms with Crippen LogP contribution < -0.4 is 4.90 Å². The number of nitrogens with zero attached hydrogens (tertiary/aromatic N) is 2. The van der Waals surface area contributed by atoms with Crippen molar-refractivity contribution in [2.45, 2.75) is 0 Å². The maximum atomic E-state index is 2.44. The standard InChI is InChI=1S/C58H40N2/c1-2-16-41(17-3-1)42-32-34-45(35-33-42)51-23-6-10-28-55(51)59(47-38-36-44(37-39-47)50-27-15-19-43-18-4-5-22-49(43)50)56-29-11-7-24-52(56)46-20-14-21-48(40-46)60-57-30-12-8-25-53(57)54-26-9-13-31-58(54)60/h1-40H. The molecule has 60 heavy (non-hydrogen) atoms. The molecule has 0 aliphatic rings. The summed E-state index contributed by atoms with van der Waals surface area (Å²) in [7, 11) is 0. The fraction of sp³-hybridized carbons (Fsp3) is 0. The summed E-state index contributed by atoms with van der Waals surface area (Å²) in [6.07, 6.45) is 0. The Morgan fingerprint density at radius 3 is 1.43 bits per heavy atom. The van der Waals surface area contributed by atoms with Crippen LogP contribution in [0.2, 0.25) is 0 Å². The van der Waals surface area contributed by atoms with E-state index in [0.717, 1.165) is 45.0 Å². The van der Waals surface area contributed by atoms with Crippen LogP contribution in [-0.2, 0) is 0 Å². The minimum absolute atomic E-state index is 1.08. The Bertz CT molecular complexity index is 3240. The first kappa shape index (κ1) is 35.2. The van der Waals surface area contributed by atoms with Crippen molar-refractivity contribution in [2.24, 2.45) is 0 Å². The Morgan fingerprint density at radius 1 is 0.283 bits per heavy atom. The molecule has 0 spiro atoms. The summed E-state index contributed by atoms with van der Waals surface area (Å²) in [5.41, 5.74) is 16.2. The molecule has 1 heterocycles. The molecule has 10 aromatic carbocycles. The van der Waals surface area contributed by atoms with Crippen molar-refractivity contribution in [3.63, 3.8) is 0 Å². The molecular weight excluding hydrogens is 725 g/mol. The monoisotopic (exact) mass is 764 g/mol. The molecular formula is C58H40N2. The molecule has 0 fully saturated rings. The molecule has 0 aliphatic carbocycles. The van der Waals surface area contributed by atoms with Gasteiger partial charge in [0.25, 0.3) is 0 Å². The van der Waals surface area contributed by atoms with E-state index in [1.807, 2.05) is 0 Å². The zero-order valence-corrected chi connectivity index (χ0v) is 33.0. The van der Waals surface area contributed by atoms with Crippen LogP contribution >= 0.6 is 0 Å². The predicted molar refractivity (Wildman–Crippen MR) is 255 cm³/mol. The molecule has 282 valence electrons. The highest BCUT2D eigenvalue weighted by Gasteiger charge is 2.21. The summed E-state index contributed by atoms with van der Waals surface area (Å²) in [5, 5.41) is 5.00. The van der Waals surface area contributed by atoms with Crippen molar-refractivity contribution in [1.82, 2.24) is 4.57 Å². The summed E-state index contributed by atoms with van der Waals surface area (Å²) in [4.78, 5) is 2.44. The lowest BCUT2D eigenvalue weighted by Crippen LogP contribution is -2.12. The second kappa shape index (κ2) is 15.1. The third kappa shape index (κ3) is 6.23. The average Bonchev–Trinajstić information content (AvgIpc) is 3.67. The zero-order chi connectivity index (χ0) is 39.8.